The average Bonchev–Trinajstić information content (AvgIpc) is 2.45. The summed E-state index contributed by atoms with van der Waals surface area (Å²) < 4.78 is 18.4. The zero-order chi connectivity index (χ0) is 16.9. The molecule has 5 heteroatoms. The third-order valence-electron chi connectivity index (χ3n) is 4.30. The fraction of sp³-hybridized carbons (Fsp3) is 0.611. The molecule has 1 saturated carbocycles. The van der Waals surface area contributed by atoms with Crippen molar-refractivity contribution in [3.63, 3.8) is 0 Å². The molecule has 0 aromatic heterocycles. The van der Waals surface area contributed by atoms with Gasteiger partial charge >= 0.3 is 0 Å². The average molecular weight is 323 g/mol. The Morgan fingerprint density at radius 1 is 1.30 bits per heavy atom. The van der Waals surface area contributed by atoms with E-state index in [1.54, 1.807) is 12.1 Å². The molecule has 128 valence electrons. The summed E-state index contributed by atoms with van der Waals surface area (Å²) in [6, 6.07) is 6.13. The number of hydrogen-bond donors (Lipinski definition) is 2. The number of ether oxygens (including phenoxy) is 1. The maximum Gasteiger partial charge on any atom is 0.230 e. The molecule has 1 aliphatic carbocycles. The topological polar surface area (TPSA) is 58.6 Å². The van der Waals surface area contributed by atoms with Gasteiger partial charge < -0.3 is 15.2 Å². The van der Waals surface area contributed by atoms with Gasteiger partial charge in [0.1, 0.15) is 5.82 Å². The summed E-state index contributed by atoms with van der Waals surface area (Å²) in [4.78, 5) is 12.6. The Hall–Kier alpha value is -1.46. The van der Waals surface area contributed by atoms with Crippen LogP contribution in [-0.4, -0.2) is 36.9 Å². The van der Waals surface area contributed by atoms with Crippen LogP contribution < -0.4 is 5.32 Å². The Morgan fingerprint density at radius 2 is 1.96 bits per heavy atom. The van der Waals surface area contributed by atoms with Crippen LogP contribution in [0.1, 0.15) is 38.7 Å². The zero-order valence-corrected chi connectivity index (χ0v) is 13.8. The van der Waals surface area contributed by atoms with Crippen LogP contribution in [0.3, 0.4) is 0 Å². The first-order chi connectivity index (χ1) is 10.9. The number of nitrogens with one attached hydrogen (secondary N) is 1. The van der Waals surface area contributed by atoms with Crippen molar-refractivity contribution in [2.75, 3.05) is 19.8 Å². The number of aliphatic hydroxyl groups excluding tert-OH is 1. The summed E-state index contributed by atoms with van der Waals surface area (Å²) in [7, 11) is 0. The van der Waals surface area contributed by atoms with E-state index < -0.39 is 11.5 Å². The molecule has 1 aliphatic rings. The van der Waals surface area contributed by atoms with E-state index in [0.717, 1.165) is 24.8 Å². The van der Waals surface area contributed by atoms with Gasteiger partial charge in [-0.15, -0.1) is 0 Å². The summed E-state index contributed by atoms with van der Waals surface area (Å²) in [6.07, 6.45) is 1.77. The first kappa shape index (κ1) is 17.9. The van der Waals surface area contributed by atoms with Gasteiger partial charge in [0.05, 0.1) is 18.1 Å². The van der Waals surface area contributed by atoms with Crippen LogP contribution in [0, 0.1) is 11.7 Å². The lowest BCUT2D eigenvalue weighted by Gasteiger charge is -2.41. The lowest BCUT2D eigenvalue weighted by Crippen LogP contribution is -2.51. The lowest BCUT2D eigenvalue weighted by molar-refractivity contribution is -0.130. The summed E-state index contributed by atoms with van der Waals surface area (Å²) in [5.41, 5.74) is 0.264. The molecular formula is C18H26FNO3. The first-order valence-electron chi connectivity index (χ1n) is 8.24. The van der Waals surface area contributed by atoms with Gasteiger partial charge in [-0.3, -0.25) is 4.79 Å². The van der Waals surface area contributed by atoms with Gasteiger partial charge in [0.2, 0.25) is 5.91 Å². The van der Waals surface area contributed by atoms with Crippen molar-refractivity contribution in [1.29, 1.82) is 0 Å². The highest BCUT2D eigenvalue weighted by molar-refractivity contribution is 5.89. The highest BCUT2D eigenvalue weighted by atomic mass is 19.1. The van der Waals surface area contributed by atoms with E-state index >= 15 is 0 Å². The molecule has 1 unspecified atom stereocenters. The van der Waals surface area contributed by atoms with Gasteiger partial charge in [-0.25, -0.2) is 4.39 Å². The number of amides is 1. The first-order valence-corrected chi connectivity index (χ1v) is 8.24. The second-order valence-corrected chi connectivity index (χ2v) is 6.74. The third-order valence-corrected chi connectivity index (χ3v) is 4.30. The molecule has 0 saturated heterocycles. The number of carbonyl (C=O) groups excluding carboxylic acids is 1. The van der Waals surface area contributed by atoms with Crippen LogP contribution >= 0.6 is 0 Å². The van der Waals surface area contributed by atoms with Crippen LogP contribution in [0.2, 0.25) is 0 Å². The quantitative estimate of drug-likeness (QED) is 0.772. The summed E-state index contributed by atoms with van der Waals surface area (Å²) in [6.45, 7) is 5.04. The molecule has 0 radical (unpaired) electrons. The maximum absolute atomic E-state index is 13.1. The number of carbonyl (C=O) groups is 1. The molecule has 0 bridgehead atoms. The van der Waals surface area contributed by atoms with Crippen LogP contribution in [-0.2, 0) is 14.9 Å². The van der Waals surface area contributed by atoms with Crippen molar-refractivity contribution < 1.29 is 19.0 Å². The molecule has 4 nitrogen and oxygen atoms in total. The van der Waals surface area contributed by atoms with Crippen LogP contribution in [0.25, 0.3) is 0 Å². The second-order valence-electron chi connectivity index (χ2n) is 6.74. The van der Waals surface area contributed by atoms with Crippen molar-refractivity contribution in [1.82, 2.24) is 5.32 Å². The molecule has 1 aromatic rings. The molecular weight excluding hydrogens is 297 g/mol. The normalized spacial score (nSPS) is 17.6. The Morgan fingerprint density at radius 3 is 2.48 bits per heavy atom. The molecule has 1 atom stereocenters. The van der Waals surface area contributed by atoms with Crippen molar-refractivity contribution in [3.05, 3.63) is 35.6 Å². The van der Waals surface area contributed by atoms with Gasteiger partial charge in [-0.1, -0.05) is 32.4 Å². The van der Waals surface area contributed by atoms with E-state index in [4.69, 9.17) is 4.74 Å². The Kier molecular flexibility index (Phi) is 6.13. The Labute approximate surface area is 137 Å². The summed E-state index contributed by atoms with van der Waals surface area (Å²) in [5.74, 6) is 0.00753. The predicted octanol–water partition coefficient (Wildman–Crippen LogP) is 2.40. The Bertz CT molecular complexity index is 512. The molecule has 1 fully saturated rings. The van der Waals surface area contributed by atoms with Gasteiger partial charge in [-0.05, 0) is 36.5 Å². The third kappa shape index (κ3) is 4.52. The highest BCUT2D eigenvalue weighted by Crippen LogP contribution is 2.43. The minimum absolute atomic E-state index is 0.0988. The molecule has 2 N–H and O–H groups in total. The number of halogens is 1. The van der Waals surface area contributed by atoms with Gasteiger partial charge in [0.25, 0.3) is 0 Å². The number of hydrogen-bond acceptors (Lipinski definition) is 3. The standard InChI is InChI=1S/C18H26FNO3/c1-13(2)11-23-12-16(21)10-20-17(22)18(8-3-9-18)14-4-6-15(19)7-5-14/h4-7,13,16,21H,3,8-12H2,1-2H3,(H,20,22). The molecule has 1 amide bonds. The fourth-order valence-electron chi connectivity index (χ4n) is 2.82. The van der Waals surface area contributed by atoms with Crippen molar-refractivity contribution in [2.24, 2.45) is 5.92 Å². The van der Waals surface area contributed by atoms with Crippen molar-refractivity contribution in [2.45, 2.75) is 44.6 Å². The van der Waals surface area contributed by atoms with Gasteiger partial charge in [0, 0.05) is 13.2 Å². The van der Waals surface area contributed by atoms with Gasteiger partial charge in [0.15, 0.2) is 0 Å². The monoisotopic (exact) mass is 323 g/mol. The molecule has 2 rings (SSSR count). The lowest BCUT2D eigenvalue weighted by atomic mass is 9.64. The molecule has 0 aliphatic heterocycles. The van der Waals surface area contributed by atoms with E-state index in [1.807, 2.05) is 13.8 Å². The molecule has 23 heavy (non-hydrogen) atoms. The summed E-state index contributed by atoms with van der Waals surface area (Å²) >= 11 is 0. The molecule has 0 heterocycles. The highest BCUT2D eigenvalue weighted by Gasteiger charge is 2.45. The van der Waals surface area contributed by atoms with E-state index in [9.17, 15) is 14.3 Å². The number of benzene rings is 1. The fourth-order valence-corrected chi connectivity index (χ4v) is 2.82. The minimum Gasteiger partial charge on any atom is -0.389 e. The second kappa shape index (κ2) is 7.88. The molecule has 1 aromatic carbocycles. The maximum atomic E-state index is 13.1. The van der Waals surface area contributed by atoms with Crippen LogP contribution in [0.4, 0.5) is 4.39 Å². The van der Waals surface area contributed by atoms with E-state index in [1.165, 1.54) is 12.1 Å². The number of rotatable bonds is 8. The zero-order valence-electron chi connectivity index (χ0n) is 13.8. The largest absolute Gasteiger partial charge is 0.389 e. The predicted molar refractivity (Wildman–Crippen MR) is 86.6 cm³/mol. The van der Waals surface area contributed by atoms with E-state index in [0.29, 0.717) is 12.5 Å². The van der Waals surface area contributed by atoms with E-state index in [2.05, 4.69) is 5.32 Å². The van der Waals surface area contributed by atoms with Crippen LogP contribution in [0.15, 0.2) is 24.3 Å². The Balaban J connectivity index is 1.87. The smallest absolute Gasteiger partial charge is 0.230 e. The summed E-state index contributed by atoms with van der Waals surface area (Å²) in [5, 5.41) is 12.7. The SMILES string of the molecule is CC(C)COCC(O)CNC(=O)C1(c2ccc(F)cc2)CCC1. The molecule has 0 spiro atoms. The van der Waals surface area contributed by atoms with Crippen molar-refractivity contribution >= 4 is 5.91 Å². The number of aliphatic hydroxyl groups is 1. The minimum atomic E-state index is -0.719. The van der Waals surface area contributed by atoms with Gasteiger partial charge in [-0.2, -0.15) is 0 Å². The van der Waals surface area contributed by atoms with E-state index in [-0.39, 0.29) is 24.9 Å². The van der Waals surface area contributed by atoms with Crippen molar-refractivity contribution in [3.8, 4) is 0 Å². The van der Waals surface area contributed by atoms with Crippen LogP contribution in [0.5, 0.6) is 0 Å².